The lowest BCUT2D eigenvalue weighted by atomic mass is 10.0. The highest BCUT2D eigenvalue weighted by Crippen LogP contribution is 2.26. The van der Waals surface area contributed by atoms with E-state index in [1.54, 1.807) is 6.07 Å². The summed E-state index contributed by atoms with van der Waals surface area (Å²) in [7, 11) is 0. The number of carbonyl (C=O) groups excluding carboxylic acids is 2. The summed E-state index contributed by atoms with van der Waals surface area (Å²) in [6.07, 6.45) is -0.548. The molecule has 1 heterocycles. The zero-order chi connectivity index (χ0) is 16.9. The molecule has 2 aromatic rings. The second-order valence-electron chi connectivity index (χ2n) is 5.53. The minimum absolute atomic E-state index is 0.267. The number of alkyl carbamates (subject to hydrolysis) is 1. The van der Waals surface area contributed by atoms with E-state index >= 15 is 0 Å². The molecule has 2 atom stereocenters. The van der Waals surface area contributed by atoms with E-state index in [1.165, 1.54) is 0 Å². The van der Waals surface area contributed by atoms with E-state index in [1.807, 2.05) is 48.5 Å². The third-order valence-corrected chi connectivity index (χ3v) is 4.06. The summed E-state index contributed by atoms with van der Waals surface area (Å²) in [5.41, 5.74) is 1.82. The van der Waals surface area contributed by atoms with E-state index in [2.05, 4.69) is 10.6 Å². The van der Waals surface area contributed by atoms with E-state index in [4.69, 9.17) is 16.3 Å². The van der Waals surface area contributed by atoms with Crippen LogP contribution < -0.4 is 10.6 Å². The van der Waals surface area contributed by atoms with Crippen LogP contribution in [0.15, 0.2) is 54.6 Å². The minimum atomic E-state index is -0.737. The van der Waals surface area contributed by atoms with Crippen LogP contribution in [0.4, 0.5) is 4.79 Å². The quantitative estimate of drug-likeness (QED) is 0.876. The number of halogens is 1. The lowest BCUT2D eigenvalue weighted by Gasteiger charge is -2.17. The molecule has 0 spiro atoms. The molecule has 1 aliphatic heterocycles. The third kappa shape index (κ3) is 3.86. The van der Waals surface area contributed by atoms with Gasteiger partial charge in [0.2, 0.25) is 5.91 Å². The van der Waals surface area contributed by atoms with Crippen molar-refractivity contribution < 1.29 is 14.3 Å². The second-order valence-corrected chi connectivity index (χ2v) is 5.97. The molecule has 1 fully saturated rings. The number of hydrogen-bond acceptors (Lipinski definition) is 3. The van der Waals surface area contributed by atoms with E-state index < -0.39 is 18.2 Å². The van der Waals surface area contributed by atoms with Gasteiger partial charge in [-0.3, -0.25) is 4.79 Å². The standard InChI is InChI=1S/C18H17ClN2O3/c19-14-8-4-5-12(11-14)9-10-20-17(22)15-16(24-18(23)21-15)13-6-2-1-3-7-13/h1-8,11,15-16H,9-10H2,(H,20,22)(H,21,23). The number of carbonyl (C=O) groups is 2. The molecule has 2 N–H and O–H groups in total. The molecule has 124 valence electrons. The number of rotatable bonds is 5. The lowest BCUT2D eigenvalue weighted by Crippen LogP contribution is -2.44. The summed E-state index contributed by atoms with van der Waals surface area (Å²) in [5.74, 6) is -0.267. The van der Waals surface area contributed by atoms with Crippen molar-refractivity contribution in [1.82, 2.24) is 10.6 Å². The fraction of sp³-hybridized carbons (Fsp3) is 0.222. The molecule has 2 amide bonds. The number of benzene rings is 2. The number of amides is 2. The van der Waals surface area contributed by atoms with Crippen molar-refractivity contribution in [3.8, 4) is 0 Å². The molecule has 24 heavy (non-hydrogen) atoms. The van der Waals surface area contributed by atoms with Gasteiger partial charge in [0.15, 0.2) is 12.1 Å². The van der Waals surface area contributed by atoms with Gasteiger partial charge in [-0.15, -0.1) is 0 Å². The Morgan fingerprint density at radius 1 is 1.17 bits per heavy atom. The van der Waals surface area contributed by atoms with Crippen LogP contribution in [0.3, 0.4) is 0 Å². The van der Waals surface area contributed by atoms with Crippen molar-refractivity contribution in [2.24, 2.45) is 0 Å². The molecule has 2 unspecified atom stereocenters. The normalized spacial score (nSPS) is 19.5. The maximum absolute atomic E-state index is 12.4. The minimum Gasteiger partial charge on any atom is -0.439 e. The summed E-state index contributed by atoms with van der Waals surface area (Å²) in [4.78, 5) is 23.9. The number of cyclic esters (lactones) is 1. The summed E-state index contributed by atoms with van der Waals surface area (Å²) in [6, 6.07) is 16.0. The Balaban J connectivity index is 1.60. The van der Waals surface area contributed by atoms with Crippen LogP contribution in [-0.2, 0) is 16.0 Å². The van der Waals surface area contributed by atoms with Crippen LogP contribution in [0.2, 0.25) is 5.02 Å². The molecule has 5 nitrogen and oxygen atoms in total. The van der Waals surface area contributed by atoms with Crippen molar-refractivity contribution in [2.45, 2.75) is 18.6 Å². The molecule has 0 radical (unpaired) electrons. The first kappa shape index (κ1) is 16.3. The first-order chi connectivity index (χ1) is 11.6. The topological polar surface area (TPSA) is 67.4 Å². The lowest BCUT2D eigenvalue weighted by molar-refractivity contribution is -0.124. The molecule has 0 bridgehead atoms. The zero-order valence-corrected chi connectivity index (χ0v) is 13.6. The molecule has 0 aromatic heterocycles. The monoisotopic (exact) mass is 344 g/mol. The molecule has 0 aliphatic carbocycles. The zero-order valence-electron chi connectivity index (χ0n) is 12.9. The van der Waals surface area contributed by atoms with Gasteiger partial charge in [0, 0.05) is 11.6 Å². The van der Waals surface area contributed by atoms with Gasteiger partial charge in [0.05, 0.1) is 0 Å². The molecular weight excluding hydrogens is 328 g/mol. The summed E-state index contributed by atoms with van der Waals surface area (Å²) < 4.78 is 5.23. The van der Waals surface area contributed by atoms with Gasteiger partial charge in [-0.1, -0.05) is 54.1 Å². The molecule has 6 heteroatoms. The van der Waals surface area contributed by atoms with Crippen LogP contribution in [0, 0.1) is 0 Å². The Labute approximate surface area is 145 Å². The maximum atomic E-state index is 12.4. The van der Waals surface area contributed by atoms with Gasteiger partial charge in [0.1, 0.15) is 0 Å². The largest absolute Gasteiger partial charge is 0.439 e. The Hall–Kier alpha value is -2.53. The fourth-order valence-electron chi connectivity index (χ4n) is 2.66. The predicted molar refractivity (Wildman–Crippen MR) is 90.8 cm³/mol. The van der Waals surface area contributed by atoms with E-state index in [0.29, 0.717) is 18.0 Å². The van der Waals surface area contributed by atoms with Crippen LogP contribution in [-0.4, -0.2) is 24.6 Å². The molecule has 1 saturated heterocycles. The van der Waals surface area contributed by atoms with Crippen LogP contribution in [0.1, 0.15) is 17.2 Å². The smallest absolute Gasteiger partial charge is 0.408 e. The highest BCUT2D eigenvalue weighted by molar-refractivity contribution is 6.30. The summed E-state index contributed by atoms with van der Waals surface area (Å²) in [5, 5.41) is 6.07. The van der Waals surface area contributed by atoms with E-state index in [0.717, 1.165) is 11.1 Å². The van der Waals surface area contributed by atoms with Crippen LogP contribution >= 0.6 is 11.6 Å². The average Bonchev–Trinajstić information content (AvgIpc) is 2.98. The predicted octanol–water partition coefficient (Wildman–Crippen LogP) is 2.85. The number of hydrogen-bond donors (Lipinski definition) is 2. The average molecular weight is 345 g/mol. The Morgan fingerprint density at radius 2 is 1.96 bits per heavy atom. The van der Waals surface area contributed by atoms with Gasteiger partial charge in [0.25, 0.3) is 0 Å². The molecule has 2 aromatic carbocycles. The van der Waals surface area contributed by atoms with E-state index in [-0.39, 0.29) is 5.91 Å². The van der Waals surface area contributed by atoms with Gasteiger partial charge in [-0.2, -0.15) is 0 Å². The van der Waals surface area contributed by atoms with E-state index in [9.17, 15) is 9.59 Å². The summed E-state index contributed by atoms with van der Waals surface area (Å²) >= 11 is 5.94. The van der Waals surface area contributed by atoms with Crippen molar-refractivity contribution >= 4 is 23.6 Å². The van der Waals surface area contributed by atoms with Gasteiger partial charge in [-0.05, 0) is 29.7 Å². The van der Waals surface area contributed by atoms with Gasteiger partial charge in [-0.25, -0.2) is 4.79 Å². The molecule has 1 aliphatic rings. The number of nitrogens with one attached hydrogen (secondary N) is 2. The first-order valence-corrected chi connectivity index (χ1v) is 8.05. The highest BCUT2D eigenvalue weighted by atomic mass is 35.5. The summed E-state index contributed by atoms with van der Waals surface area (Å²) in [6.45, 7) is 0.451. The van der Waals surface area contributed by atoms with Gasteiger partial charge >= 0.3 is 6.09 Å². The van der Waals surface area contributed by atoms with Crippen molar-refractivity contribution in [3.63, 3.8) is 0 Å². The van der Waals surface area contributed by atoms with Gasteiger partial charge < -0.3 is 15.4 Å². The number of ether oxygens (including phenoxy) is 1. The third-order valence-electron chi connectivity index (χ3n) is 3.82. The highest BCUT2D eigenvalue weighted by Gasteiger charge is 2.39. The molecule has 3 rings (SSSR count). The Morgan fingerprint density at radius 3 is 2.71 bits per heavy atom. The van der Waals surface area contributed by atoms with Crippen molar-refractivity contribution in [1.29, 1.82) is 0 Å². The SMILES string of the molecule is O=C1NC(C(=O)NCCc2cccc(Cl)c2)C(c2ccccc2)O1. The van der Waals surface area contributed by atoms with Crippen molar-refractivity contribution in [3.05, 3.63) is 70.7 Å². The Kier molecular flexibility index (Phi) is 5.01. The van der Waals surface area contributed by atoms with Crippen LogP contribution in [0.5, 0.6) is 0 Å². The van der Waals surface area contributed by atoms with Crippen molar-refractivity contribution in [2.75, 3.05) is 6.54 Å². The second kappa shape index (κ2) is 7.36. The maximum Gasteiger partial charge on any atom is 0.408 e. The Bertz CT molecular complexity index is 736. The fourth-order valence-corrected chi connectivity index (χ4v) is 2.87. The first-order valence-electron chi connectivity index (χ1n) is 7.68. The van der Waals surface area contributed by atoms with Crippen LogP contribution in [0.25, 0.3) is 0 Å². The molecular formula is C18H17ClN2O3. The molecule has 0 saturated carbocycles.